The molecular weight excluding hydrogens is 298 g/mol. The number of piperidine rings is 1. The third-order valence-electron chi connectivity index (χ3n) is 4.63. The van der Waals surface area contributed by atoms with Crippen LogP contribution in [0.4, 0.5) is 0 Å². The average Bonchev–Trinajstić information content (AvgIpc) is 2.40. The van der Waals surface area contributed by atoms with Crippen LogP contribution >= 0.6 is 15.9 Å². The van der Waals surface area contributed by atoms with Gasteiger partial charge in [0.15, 0.2) is 0 Å². The van der Waals surface area contributed by atoms with E-state index in [4.69, 9.17) is 0 Å². The molecule has 1 fully saturated rings. The first kappa shape index (κ1) is 15.1. The highest BCUT2D eigenvalue weighted by Crippen LogP contribution is 2.48. The molecular formula is C17H26BrN. The van der Waals surface area contributed by atoms with Crippen molar-refractivity contribution >= 4 is 15.9 Å². The molecule has 0 radical (unpaired) electrons. The van der Waals surface area contributed by atoms with E-state index in [2.05, 4.69) is 59.4 Å². The van der Waals surface area contributed by atoms with Crippen LogP contribution < -0.4 is 5.32 Å². The summed E-state index contributed by atoms with van der Waals surface area (Å²) in [6.07, 6.45) is 6.64. The Morgan fingerprint density at radius 3 is 2.63 bits per heavy atom. The van der Waals surface area contributed by atoms with Gasteiger partial charge in [0.25, 0.3) is 0 Å². The van der Waals surface area contributed by atoms with Gasteiger partial charge in [-0.2, -0.15) is 0 Å². The molecule has 106 valence electrons. The van der Waals surface area contributed by atoms with Gasteiger partial charge in [0.2, 0.25) is 0 Å². The second-order valence-electron chi connectivity index (χ2n) is 5.92. The molecule has 1 heterocycles. The molecule has 1 aromatic carbocycles. The van der Waals surface area contributed by atoms with E-state index in [-0.39, 0.29) is 0 Å². The highest BCUT2D eigenvalue weighted by atomic mass is 79.9. The molecule has 1 atom stereocenters. The van der Waals surface area contributed by atoms with Crippen molar-refractivity contribution in [3.63, 3.8) is 0 Å². The zero-order valence-electron chi connectivity index (χ0n) is 12.2. The molecule has 2 heteroatoms. The van der Waals surface area contributed by atoms with Crippen LogP contribution in [0.3, 0.4) is 0 Å². The molecule has 1 N–H and O–H groups in total. The van der Waals surface area contributed by atoms with Crippen molar-refractivity contribution in [2.24, 2.45) is 5.41 Å². The lowest BCUT2D eigenvalue weighted by atomic mass is 9.63. The number of hydrogen-bond acceptors (Lipinski definition) is 1. The number of hydrogen-bond donors (Lipinski definition) is 1. The maximum Gasteiger partial charge on any atom is 0.0178 e. The molecule has 0 aliphatic carbocycles. The standard InChI is InChI=1S/C17H26BrN/c1-3-8-17(9-4-2)10-11-19-13-16(17)14-6-5-7-15(18)12-14/h5-7,12,16,19H,3-4,8-11,13H2,1-2H3. The number of halogens is 1. The summed E-state index contributed by atoms with van der Waals surface area (Å²) in [5.41, 5.74) is 2.01. The Balaban J connectivity index is 2.32. The fourth-order valence-corrected chi connectivity index (χ4v) is 4.31. The van der Waals surface area contributed by atoms with Gasteiger partial charge in [-0.15, -0.1) is 0 Å². The van der Waals surface area contributed by atoms with Crippen molar-refractivity contribution in [3.05, 3.63) is 34.3 Å². The van der Waals surface area contributed by atoms with Gasteiger partial charge < -0.3 is 5.32 Å². The van der Waals surface area contributed by atoms with E-state index in [1.54, 1.807) is 0 Å². The van der Waals surface area contributed by atoms with Crippen molar-refractivity contribution in [2.45, 2.75) is 51.9 Å². The Bertz CT molecular complexity index is 390. The molecule has 1 aromatic rings. The molecule has 19 heavy (non-hydrogen) atoms. The van der Waals surface area contributed by atoms with E-state index < -0.39 is 0 Å². The first-order chi connectivity index (χ1) is 9.22. The van der Waals surface area contributed by atoms with Gasteiger partial charge >= 0.3 is 0 Å². The summed E-state index contributed by atoms with van der Waals surface area (Å²) >= 11 is 3.62. The van der Waals surface area contributed by atoms with Crippen molar-refractivity contribution in [3.8, 4) is 0 Å². The number of rotatable bonds is 5. The van der Waals surface area contributed by atoms with Crippen molar-refractivity contribution < 1.29 is 0 Å². The lowest BCUT2D eigenvalue weighted by molar-refractivity contribution is 0.130. The Labute approximate surface area is 126 Å². The monoisotopic (exact) mass is 323 g/mol. The molecule has 0 amide bonds. The molecule has 2 rings (SSSR count). The van der Waals surface area contributed by atoms with Crippen molar-refractivity contribution in [1.82, 2.24) is 5.32 Å². The van der Waals surface area contributed by atoms with Crippen LogP contribution in [0.5, 0.6) is 0 Å². The fourth-order valence-electron chi connectivity index (χ4n) is 3.89. The third-order valence-corrected chi connectivity index (χ3v) is 5.13. The minimum absolute atomic E-state index is 0.509. The van der Waals surface area contributed by atoms with Crippen molar-refractivity contribution in [1.29, 1.82) is 0 Å². The van der Waals surface area contributed by atoms with Crippen LogP contribution in [0.2, 0.25) is 0 Å². The maximum absolute atomic E-state index is 3.62. The molecule has 0 aromatic heterocycles. The average molecular weight is 324 g/mol. The zero-order chi connectivity index (χ0) is 13.7. The van der Waals surface area contributed by atoms with Gasteiger partial charge in [0.1, 0.15) is 0 Å². The predicted octanol–water partition coefficient (Wildman–Crippen LogP) is 5.11. The van der Waals surface area contributed by atoms with E-state index in [1.165, 1.54) is 48.7 Å². The number of benzene rings is 1. The second-order valence-corrected chi connectivity index (χ2v) is 6.84. The molecule has 1 nitrogen and oxygen atoms in total. The minimum Gasteiger partial charge on any atom is -0.316 e. The fraction of sp³-hybridized carbons (Fsp3) is 0.647. The first-order valence-corrected chi connectivity index (χ1v) is 8.47. The van der Waals surface area contributed by atoms with Crippen LogP contribution in [0.15, 0.2) is 28.7 Å². The van der Waals surface area contributed by atoms with Gasteiger partial charge in [-0.1, -0.05) is 54.8 Å². The summed E-state index contributed by atoms with van der Waals surface area (Å²) in [4.78, 5) is 0. The Morgan fingerprint density at radius 2 is 2.00 bits per heavy atom. The van der Waals surface area contributed by atoms with Gasteiger partial charge in [0.05, 0.1) is 0 Å². The van der Waals surface area contributed by atoms with E-state index in [1.807, 2.05) is 0 Å². The smallest absolute Gasteiger partial charge is 0.0178 e. The topological polar surface area (TPSA) is 12.0 Å². The van der Waals surface area contributed by atoms with Crippen LogP contribution in [0.25, 0.3) is 0 Å². The van der Waals surface area contributed by atoms with E-state index in [0.717, 1.165) is 6.54 Å². The van der Waals surface area contributed by atoms with Crippen LogP contribution in [-0.2, 0) is 0 Å². The highest BCUT2D eigenvalue weighted by Gasteiger charge is 2.39. The lowest BCUT2D eigenvalue weighted by Crippen LogP contribution is -2.43. The van der Waals surface area contributed by atoms with Crippen LogP contribution in [0, 0.1) is 5.41 Å². The quantitative estimate of drug-likeness (QED) is 0.793. The summed E-state index contributed by atoms with van der Waals surface area (Å²) in [6.45, 7) is 6.98. The van der Waals surface area contributed by atoms with Crippen molar-refractivity contribution in [2.75, 3.05) is 13.1 Å². The molecule has 1 aliphatic rings. The van der Waals surface area contributed by atoms with Crippen LogP contribution in [0.1, 0.15) is 57.4 Å². The third kappa shape index (κ3) is 3.41. The minimum atomic E-state index is 0.509. The normalized spacial score (nSPS) is 22.4. The van der Waals surface area contributed by atoms with Gasteiger partial charge in [-0.3, -0.25) is 0 Å². The zero-order valence-corrected chi connectivity index (χ0v) is 13.8. The van der Waals surface area contributed by atoms with E-state index in [9.17, 15) is 0 Å². The summed E-state index contributed by atoms with van der Waals surface area (Å²) in [5.74, 6) is 0.665. The Morgan fingerprint density at radius 1 is 1.26 bits per heavy atom. The number of nitrogens with one attached hydrogen (secondary N) is 1. The highest BCUT2D eigenvalue weighted by molar-refractivity contribution is 9.10. The summed E-state index contributed by atoms with van der Waals surface area (Å²) in [6, 6.07) is 8.93. The molecule has 1 unspecified atom stereocenters. The van der Waals surface area contributed by atoms with E-state index >= 15 is 0 Å². The SMILES string of the molecule is CCCC1(CCC)CCNCC1c1cccc(Br)c1. The predicted molar refractivity (Wildman–Crippen MR) is 86.6 cm³/mol. The summed E-state index contributed by atoms with van der Waals surface area (Å²) in [7, 11) is 0. The lowest BCUT2D eigenvalue weighted by Gasteiger charge is -2.45. The first-order valence-electron chi connectivity index (χ1n) is 7.68. The molecule has 0 saturated carbocycles. The van der Waals surface area contributed by atoms with Gasteiger partial charge in [-0.25, -0.2) is 0 Å². The van der Waals surface area contributed by atoms with E-state index in [0.29, 0.717) is 11.3 Å². The molecule has 1 aliphatic heterocycles. The van der Waals surface area contributed by atoms with Gasteiger partial charge in [-0.05, 0) is 48.9 Å². The largest absolute Gasteiger partial charge is 0.316 e. The second kappa shape index (κ2) is 6.90. The Kier molecular flexibility index (Phi) is 5.47. The van der Waals surface area contributed by atoms with Crippen LogP contribution in [-0.4, -0.2) is 13.1 Å². The van der Waals surface area contributed by atoms with Gasteiger partial charge in [0, 0.05) is 16.9 Å². The maximum atomic E-state index is 3.62. The molecule has 0 spiro atoms. The molecule has 1 saturated heterocycles. The Hall–Kier alpha value is -0.340. The summed E-state index contributed by atoms with van der Waals surface area (Å²) < 4.78 is 1.21. The molecule has 0 bridgehead atoms. The summed E-state index contributed by atoms with van der Waals surface area (Å²) in [5, 5.41) is 3.61.